The first-order valence-electron chi connectivity index (χ1n) is 7.80. The molecule has 0 aliphatic carbocycles. The molecule has 1 atom stereocenters. The normalized spacial score (nSPS) is 12.7. The van der Waals surface area contributed by atoms with Gasteiger partial charge in [-0.3, -0.25) is 4.79 Å². The van der Waals surface area contributed by atoms with E-state index in [1.807, 2.05) is 50.4 Å². The third-order valence-electron chi connectivity index (χ3n) is 3.56. The molecule has 23 heavy (non-hydrogen) atoms. The molecule has 0 aliphatic heterocycles. The van der Waals surface area contributed by atoms with Gasteiger partial charge < -0.3 is 10.4 Å². The van der Waals surface area contributed by atoms with Gasteiger partial charge in [0.1, 0.15) is 0 Å². The lowest BCUT2D eigenvalue weighted by Crippen LogP contribution is -2.27. The van der Waals surface area contributed by atoms with Crippen LogP contribution in [-0.2, 0) is 4.79 Å². The lowest BCUT2D eigenvalue weighted by molar-refractivity contribution is -0.116. The molecule has 0 fully saturated rings. The Morgan fingerprint density at radius 2 is 2.09 bits per heavy atom. The van der Waals surface area contributed by atoms with Crippen LogP contribution in [0.4, 0.5) is 0 Å². The number of rotatable bonds is 7. The van der Waals surface area contributed by atoms with E-state index in [4.69, 9.17) is 0 Å². The Kier molecular flexibility index (Phi) is 6.11. The molecule has 1 heterocycles. The second-order valence-corrected chi connectivity index (χ2v) is 5.78. The quantitative estimate of drug-likeness (QED) is 0.771. The van der Waals surface area contributed by atoms with Crippen molar-refractivity contribution in [3.05, 3.63) is 54.4 Å². The SMILES string of the molecule is CC(C)C(O)CCNC(=O)C=Cc1cnn(-c2ccccc2)c1. The number of nitrogens with one attached hydrogen (secondary N) is 1. The largest absolute Gasteiger partial charge is 0.393 e. The molecule has 1 unspecified atom stereocenters. The predicted molar refractivity (Wildman–Crippen MR) is 91.1 cm³/mol. The summed E-state index contributed by atoms with van der Waals surface area (Å²) in [5, 5.41) is 16.7. The van der Waals surface area contributed by atoms with E-state index in [0.29, 0.717) is 13.0 Å². The average molecular weight is 313 g/mol. The minimum atomic E-state index is -0.386. The summed E-state index contributed by atoms with van der Waals surface area (Å²) in [6.07, 6.45) is 6.95. The molecule has 0 aliphatic rings. The van der Waals surface area contributed by atoms with E-state index in [0.717, 1.165) is 11.3 Å². The van der Waals surface area contributed by atoms with Gasteiger partial charge in [0.25, 0.3) is 0 Å². The number of nitrogens with zero attached hydrogens (tertiary/aromatic N) is 2. The Morgan fingerprint density at radius 1 is 1.35 bits per heavy atom. The molecule has 1 aromatic carbocycles. The van der Waals surface area contributed by atoms with Crippen LogP contribution in [0, 0.1) is 5.92 Å². The number of carbonyl (C=O) groups excluding carboxylic acids is 1. The Balaban J connectivity index is 1.84. The van der Waals surface area contributed by atoms with Crippen LogP contribution in [0.5, 0.6) is 0 Å². The number of aliphatic hydroxyl groups excluding tert-OH is 1. The third-order valence-corrected chi connectivity index (χ3v) is 3.56. The van der Waals surface area contributed by atoms with Crippen LogP contribution >= 0.6 is 0 Å². The van der Waals surface area contributed by atoms with Gasteiger partial charge >= 0.3 is 0 Å². The maximum absolute atomic E-state index is 11.7. The van der Waals surface area contributed by atoms with Crippen molar-refractivity contribution in [2.24, 2.45) is 5.92 Å². The van der Waals surface area contributed by atoms with Crippen molar-refractivity contribution >= 4 is 12.0 Å². The summed E-state index contributed by atoms with van der Waals surface area (Å²) in [6, 6.07) is 9.78. The van der Waals surface area contributed by atoms with Crippen molar-refractivity contribution in [3.63, 3.8) is 0 Å². The van der Waals surface area contributed by atoms with E-state index < -0.39 is 0 Å². The summed E-state index contributed by atoms with van der Waals surface area (Å²) in [7, 11) is 0. The molecule has 5 heteroatoms. The highest BCUT2D eigenvalue weighted by atomic mass is 16.3. The highest BCUT2D eigenvalue weighted by Crippen LogP contribution is 2.08. The molecule has 2 aromatic rings. The third kappa shape index (κ3) is 5.38. The summed E-state index contributed by atoms with van der Waals surface area (Å²) in [5.74, 6) is 0.0275. The molecule has 0 spiro atoms. The van der Waals surface area contributed by atoms with Crippen molar-refractivity contribution < 1.29 is 9.90 Å². The number of para-hydroxylation sites is 1. The van der Waals surface area contributed by atoms with Gasteiger partial charge in [0.2, 0.25) is 5.91 Å². The number of aromatic nitrogens is 2. The van der Waals surface area contributed by atoms with Gasteiger partial charge in [-0.05, 0) is 30.5 Å². The van der Waals surface area contributed by atoms with E-state index in [-0.39, 0.29) is 17.9 Å². The predicted octanol–water partition coefficient (Wildman–Crippen LogP) is 2.41. The summed E-state index contributed by atoms with van der Waals surface area (Å²) in [6.45, 7) is 4.37. The molecule has 1 aromatic heterocycles. The fourth-order valence-electron chi connectivity index (χ4n) is 2.05. The number of amides is 1. The summed E-state index contributed by atoms with van der Waals surface area (Å²) in [5.41, 5.74) is 1.82. The minimum Gasteiger partial charge on any atom is -0.393 e. The Bertz CT molecular complexity index is 647. The van der Waals surface area contributed by atoms with Gasteiger partial charge in [0.05, 0.1) is 18.0 Å². The van der Waals surface area contributed by atoms with Crippen LogP contribution in [0.25, 0.3) is 11.8 Å². The van der Waals surface area contributed by atoms with Gasteiger partial charge in [0.15, 0.2) is 0 Å². The maximum Gasteiger partial charge on any atom is 0.244 e. The fraction of sp³-hybridized carbons (Fsp3) is 0.333. The van der Waals surface area contributed by atoms with Crippen molar-refractivity contribution in [3.8, 4) is 5.69 Å². The number of hydrogen-bond donors (Lipinski definition) is 2. The number of aliphatic hydroxyl groups is 1. The van der Waals surface area contributed by atoms with Gasteiger partial charge in [-0.25, -0.2) is 4.68 Å². The molecule has 1 amide bonds. The second-order valence-electron chi connectivity index (χ2n) is 5.78. The molecule has 2 rings (SSSR count). The van der Waals surface area contributed by atoms with E-state index in [1.165, 1.54) is 6.08 Å². The van der Waals surface area contributed by atoms with Gasteiger partial charge in [0, 0.05) is 24.4 Å². The highest BCUT2D eigenvalue weighted by Gasteiger charge is 2.08. The van der Waals surface area contributed by atoms with E-state index in [1.54, 1.807) is 17.0 Å². The standard InChI is InChI=1S/C18H23N3O2/c1-14(2)17(22)10-11-19-18(23)9-8-15-12-20-21(13-15)16-6-4-3-5-7-16/h3-9,12-14,17,22H,10-11H2,1-2H3,(H,19,23). The monoisotopic (exact) mass is 313 g/mol. The van der Waals surface area contributed by atoms with Gasteiger partial charge in [-0.15, -0.1) is 0 Å². The maximum atomic E-state index is 11.7. The molecule has 122 valence electrons. The average Bonchev–Trinajstić information content (AvgIpc) is 3.02. The number of hydrogen-bond acceptors (Lipinski definition) is 3. The van der Waals surface area contributed by atoms with Crippen LogP contribution in [0.1, 0.15) is 25.8 Å². The first kappa shape index (κ1) is 17.0. The Labute approximate surface area is 136 Å². The molecule has 0 saturated heterocycles. The van der Waals surface area contributed by atoms with Crippen molar-refractivity contribution in [1.29, 1.82) is 0 Å². The lowest BCUT2D eigenvalue weighted by atomic mass is 10.0. The first-order valence-corrected chi connectivity index (χ1v) is 7.80. The molecule has 0 saturated carbocycles. The molecule has 0 radical (unpaired) electrons. The van der Waals surface area contributed by atoms with Crippen molar-refractivity contribution in [1.82, 2.24) is 15.1 Å². The van der Waals surface area contributed by atoms with E-state index in [2.05, 4.69) is 10.4 Å². The lowest BCUT2D eigenvalue weighted by Gasteiger charge is -2.13. The van der Waals surface area contributed by atoms with Crippen LogP contribution in [0.3, 0.4) is 0 Å². The van der Waals surface area contributed by atoms with Crippen LogP contribution in [-0.4, -0.2) is 33.4 Å². The molecule has 0 bridgehead atoms. The number of carbonyl (C=O) groups is 1. The fourth-order valence-corrected chi connectivity index (χ4v) is 2.05. The zero-order valence-corrected chi connectivity index (χ0v) is 13.5. The van der Waals surface area contributed by atoms with Gasteiger partial charge in [-0.2, -0.15) is 5.10 Å². The summed E-state index contributed by atoms with van der Waals surface area (Å²) >= 11 is 0. The smallest absolute Gasteiger partial charge is 0.244 e. The summed E-state index contributed by atoms with van der Waals surface area (Å²) < 4.78 is 1.76. The minimum absolute atomic E-state index is 0.173. The van der Waals surface area contributed by atoms with Crippen molar-refractivity contribution in [2.45, 2.75) is 26.4 Å². The molecular weight excluding hydrogens is 290 g/mol. The second kappa shape index (κ2) is 8.29. The van der Waals surface area contributed by atoms with Crippen LogP contribution < -0.4 is 5.32 Å². The Hall–Kier alpha value is -2.40. The molecule has 5 nitrogen and oxygen atoms in total. The number of benzene rings is 1. The van der Waals surface area contributed by atoms with Crippen molar-refractivity contribution in [2.75, 3.05) is 6.54 Å². The van der Waals surface area contributed by atoms with Crippen LogP contribution in [0.15, 0.2) is 48.8 Å². The zero-order valence-electron chi connectivity index (χ0n) is 13.5. The summed E-state index contributed by atoms with van der Waals surface area (Å²) in [4.78, 5) is 11.7. The molecule has 2 N–H and O–H groups in total. The van der Waals surface area contributed by atoms with Crippen LogP contribution in [0.2, 0.25) is 0 Å². The topological polar surface area (TPSA) is 67.2 Å². The van der Waals surface area contributed by atoms with E-state index in [9.17, 15) is 9.90 Å². The van der Waals surface area contributed by atoms with Gasteiger partial charge in [-0.1, -0.05) is 32.0 Å². The Morgan fingerprint density at radius 3 is 2.78 bits per heavy atom. The zero-order chi connectivity index (χ0) is 16.7. The highest BCUT2D eigenvalue weighted by molar-refractivity contribution is 5.91. The molecular formula is C18H23N3O2. The first-order chi connectivity index (χ1) is 11.1. The van der Waals surface area contributed by atoms with E-state index >= 15 is 0 Å².